The predicted octanol–water partition coefficient (Wildman–Crippen LogP) is 13.0. The van der Waals surface area contributed by atoms with Crippen LogP contribution in [0.3, 0.4) is 0 Å². The summed E-state index contributed by atoms with van der Waals surface area (Å²) in [5, 5.41) is 0. The third kappa shape index (κ3) is 5.40. The van der Waals surface area contributed by atoms with Crippen molar-refractivity contribution < 1.29 is 9.59 Å². The van der Waals surface area contributed by atoms with Gasteiger partial charge >= 0.3 is 0 Å². The number of hydrogen-bond acceptors (Lipinski definition) is 2. The quantitative estimate of drug-likeness (QED) is 0.168. The van der Waals surface area contributed by atoms with Crippen LogP contribution in [0.2, 0.25) is 0 Å². The van der Waals surface area contributed by atoms with E-state index in [1.165, 1.54) is 0 Å². The van der Waals surface area contributed by atoms with Gasteiger partial charge < -0.3 is 0 Å². The predicted molar refractivity (Wildman–Crippen MR) is 249 cm³/mol. The summed E-state index contributed by atoms with van der Waals surface area (Å²) >= 11 is 0. The van der Waals surface area contributed by atoms with E-state index in [-0.39, 0.29) is 11.8 Å². The number of para-hydroxylation sites is 4. The molecule has 294 valence electrons. The topological polar surface area (TPSA) is 40.6 Å². The second-order valence-electron chi connectivity index (χ2n) is 15.9. The number of anilines is 4. The molecule has 0 radical (unpaired) electrons. The number of hydrogen-bond donors (Lipinski definition) is 0. The Morgan fingerprint density at radius 2 is 0.516 bits per heavy atom. The third-order valence-electron chi connectivity index (χ3n) is 12.8. The molecular weight excluding hydrogens is 757 g/mol. The second kappa shape index (κ2) is 14.9. The van der Waals surface area contributed by atoms with Crippen molar-refractivity contribution >= 4 is 34.6 Å². The Morgan fingerprint density at radius 3 is 0.790 bits per heavy atom. The fourth-order valence-electron chi connectivity index (χ4n) is 10.3. The minimum absolute atomic E-state index is 0.221. The minimum Gasteiger partial charge on any atom is -0.276 e. The average molecular weight is 797 g/mol. The van der Waals surface area contributed by atoms with Crippen LogP contribution in [0.15, 0.2) is 243 Å². The molecule has 4 nitrogen and oxygen atoms in total. The molecule has 0 atom stereocenters. The Balaban J connectivity index is 1.05. The van der Waals surface area contributed by atoms with Crippen LogP contribution < -0.4 is 9.80 Å². The van der Waals surface area contributed by atoms with Gasteiger partial charge in [-0.2, -0.15) is 0 Å². The van der Waals surface area contributed by atoms with Gasteiger partial charge in [-0.3, -0.25) is 19.4 Å². The number of carbonyl (C=O) groups excluding carboxylic acids is 2. The van der Waals surface area contributed by atoms with Crippen LogP contribution in [0.4, 0.5) is 22.7 Å². The largest absolute Gasteiger partial charge is 0.276 e. The molecule has 62 heavy (non-hydrogen) atoms. The maximum absolute atomic E-state index is 15.4. The maximum Gasteiger partial charge on any atom is 0.262 e. The Morgan fingerprint density at radius 1 is 0.274 bits per heavy atom. The van der Waals surface area contributed by atoms with Crippen molar-refractivity contribution in [2.75, 3.05) is 9.80 Å². The van der Waals surface area contributed by atoms with Gasteiger partial charge in [0, 0.05) is 11.1 Å². The molecule has 0 unspecified atom stereocenters. The lowest BCUT2D eigenvalue weighted by molar-refractivity contribution is 0.0997. The first kappa shape index (κ1) is 37.0. The zero-order valence-electron chi connectivity index (χ0n) is 33.8. The van der Waals surface area contributed by atoms with E-state index >= 15 is 9.59 Å². The molecule has 2 aliphatic heterocycles. The molecule has 9 aromatic carbocycles. The third-order valence-corrected chi connectivity index (χ3v) is 12.8. The maximum atomic E-state index is 15.4. The van der Waals surface area contributed by atoms with Crippen LogP contribution in [-0.2, 0) is 10.8 Å². The number of rotatable bonds is 6. The molecule has 0 aromatic heterocycles. The molecule has 0 saturated carbocycles. The molecule has 2 heterocycles. The van der Waals surface area contributed by atoms with Crippen molar-refractivity contribution in [1.82, 2.24) is 0 Å². The van der Waals surface area contributed by atoms with Crippen molar-refractivity contribution in [2.45, 2.75) is 10.8 Å². The van der Waals surface area contributed by atoms with Gasteiger partial charge in [0.05, 0.1) is 33.6 Å². The van der Waals surface area contributed by atoms with Crippen molar-refractivity contribution in [3.05, 3.63) is 298 Å². The Hall–Kier alpha value is -8.08. The number of amides is 2. The summed E-state index contributed by atoms with van der Waals surface area (Å²) in [6.45, 7) is 0. The molecule has 9 aromatic rings. The van der Waals surface area contributed by atoms with Crippen LogP contribution in [-0.4, -0.2) is 11.8 Å². The van der Waals surface area contributed by atoms with E-state index in [0.29, 0.717) is 11.1 Å². The smallest absolute Gasteiger partial charge is 0.262 e. The summed E-state index contributed by atoms with van der Waals surface area (Å²) in [6, 6.07) is 82.2. The number of nitrogens with zero attached hydrogens (tertiary/aromatic N) is 2. The lowest BCUT2D eigenvalue weighted by Gasteiger charge is -2.46. The molecule has 0 aliphatic carbocycles. The number of carbonyl (C=O) groups is 2. The standard InChI is InChI=1S/C58H40N2O2/c61-55(59-51-36-17-13-32-47(51)57(43-24-5-1-6-25-43,44-26-7-2-8-27-44)48-33-14-18-37-52(48)59)41-22-21-23-42(40-41)56(62)60-53-38-19-15-34-49(53)58(45-28-9-3-10-29-45,46-30-11-4-12-31-46)50-35-16-20-39-54(50)60/h1-40H. The highest BCUT2D eigenvalue weighted by Crippen LogP contribution is 2.57. The molecule has 0 spiro atoms. The van der Waals surface area contributed by atoms with Gasteiger partial charge in [0.1, 0.15) is 0 Å². The highest BCUT2D eigenvalue weighted by molar-refractivity contribution is 6.17. The van der Waals surface area contributed by atoms with Gasteiger partial charge in [-0.05, 0) is 87.0 Å². The molecule has 2 aliphatic rings. The normalized spacial score (nSPS) is 14.1. The van der Waals surface area contributed by atoms with E-state index in [2.05, 4.69) is 121 Å². The fourth-order valence-corrected chi connectivity index (χ4v) is 10.3. The van der Waals surface area contributed by atoms with Crippen molar-refractivity contribution in [1.29, 1.82) is 0 Å². The van der Waals surface area contributed by atoms with Gasteiger partial charge in [0.15, 0.2) is 0 Å². The fraction of sp³-hybridized carbons (Fsp3) is 0.0345. The molecule has 2 amide bonds. The molecule has 0 saturated heterocycles. The van der Waals surface area contributed by atoms with E-state index in [0.717, 1.165) is 67.3 Å². The Kier molecular flexibility index (Phi) is 8.87. The van der Waals surface area contributed by atoms with Gasteiger partial charge in [0.2, 0.25) is 0 Å². The van der Waals surface area contributed by atoms with E-state index in [4.69, 9.17) is 0 Å². The minimum atomic E-state index is -0.700. The van der Waals surface area contributed by atoms with Gasteiger partial charge in [0.25, 0.3) is 11.8 Å². The summed E-state index contributed by atoms with van der Waals surface area (Å²) < 4.78 is 0. The zero-order chi connectivity index (χ0) is 41.7. The van der Waals surface area contributed by atoms with Gasteiger partial charge in [-0.1, -0.05) is 200 Å². The highest BCUT2D eigenvalue weighted by Gasteiger charge is 2.49. The summed E-state index contributed by atoms with van der Waals surface area (Å²) in [4.78, 5) is 34.4. The van der Waals surface area contributed by atoms with E-state index in [1.807, 2.05) is 125 Å². The summed E-state index contributed by atoms with van der Waals surface area (Å²) in [5.41, 5.74) is 11.0. The first-order valence-corrected chi connectivity index (χ1v) is 21.0. The van der Waals surface area contributed by atoms with Crippen molar-refractivity contribution in [3.8, 4) is 0 Å². The first-order chi connectivity index (χ1) is 30.6. The molecule has 0 N–H and O–H groups in total. The van der Waals surface area contributed by atoms with Crippen LogP contribution >= 0.6 is 0 Å². The molecular formula is C58H40N2O2. The summed E-state index contributed by atoms with van der Waals surface area (Å²) in [7, 11) is 0. The lowest BCUT2D eigenvalue weighted by Crippen LogP contribution is -2.41. The lowest BCUT2D eigenvalue weighted by atomic mass is 9.62. The zero-order valence-corrected chi connectivity index (χ0v) is 33.8. The Labute approximate surface area is 361 Å². The summed E-state index contributed by atoms with van der Waals surface area (Å²) in [6.07, 6.45) is 0. The monoisotopic (exact) mass is 796 g/mol. The highest BCUT2D eigenvalue weighted by atomic mass is 16.2. The SMILES string of the molecule is O=C(c1cccc(C(=O)N2c3ccccc3C(c3ccccc3)(c3ccccc3)c3ccccc32)c1)N1c2ccccc2C(c2ccccc2)(c2ccccc2)c2ccccc21. The Bertz CT molecular complexity index is 2740. The molecule has 4 heteroatoms. The van der Waals surface area contributed by atoms with Crippen LogP contribution in [0.1, 0.15) is 65.2 Å². The van der Waals surface area contributed by atoms with Crippen LogP contribution in [0.25, 0.3) is 0 Å². The number of benzene rings is 9. The van der Waals surface area contributed by atoms with Crippen molar-refractivity contribution in [3.63, 3.8) is 0 Å². The first-order valence-electron chi connectivity index (χ1n) is 21.0. The van der Waals surface area contributed by atoms with Gasteiger partial charge in [-0.25, -0.2) is 0 Å². The van der Waals surface area contributed by atoms with Crippen molar-refractivity contribution in [2.24, 2.45) is 0 Å². The van der Waals surface area contributed by atoms with E-state index in [9.17, 15) is 0 Å². The molecule has 11 rings (SSSR count). The van der Waals surface area contributed by atoms with Crippen LogP contribution in [0.5, 0.6) is 0 Å². The molecule has 0 fully saturated rings. The summed E-state index contributed by atoms with van der Waals surface area (Å²) in [5.74, 6) is -0.443. The van der Waals surface area contributed by atoms with E-state index in [1.54, 1.807) is 6.07 Å². The second-order valence-corrected chi connectivity index (χ2v) is 15.9. The number of fused-ring (bicyclic) bond motifs is 4. The van der Waals surface area contributed by atoms with Gasteiger partial charge in [-0.15, -0.1) is 0 Å². The average Bonchev–Trinajstić information content (AvgIpc) is 3.35. The van der Waals surface area contributed by atoms with Crippen LogP contribution in [0, 0.1) is 0 Å². The van der Waals surface area contributed by atoms with E-state index < -0.39 is 10.8 Å². The molecule has 0 bridgehead atoms.